The molecule has 0 spiro atoms. The number of nitrogens with zero attached hydrogens (tertiary/aromatic N) is 2. The van der Waals surface area contributed by atoms with Crippen molar-refractivity contribution in [2.45, 2.75) is 0 Å². The van der Waals surface area contributed by atoms with Gasteiger partial charge in [0.05, 0.1) is 10.4 Å². The lowest BCUT2D eigenvalue weighted by Crippen LogP contribution is -1.82. The van der Waals surface area contributed by atoms with Crippen molar-refractivity contribution >= 4 is 22.9 Å². The highest BCUT2D eigenvalue weighted by Crippen LogP contribution is 2.30. The summed E-state index contributed by atoms with van der Waals surface area (Å²) in [5.74, 6) is 1.22. The number of thiophene rings is 1. The van der Waals surface area contributed by atoms with Crippen LogP contribution in [0.4, 0.5) is 0 Å². The van der Waals surface area contributed by atoms with E-state index in [9.17, 15) is 5.11 Å². The molecule has 0 atom stereocenters. The Bertz CT molecular complexity index is 678. The number of halogens is 1. The summed E-state index contributed by atoms with van der Waals surface area (Å²) in [5, 5.41) is 19.2. The maximum absolute atomic E-state index is 9.78. The number of phenolic OH excluding ortho intramolecular Hbond substituents is 1. The lowest BCUT2D eigenvalue weighted by molar-refractivity contribution is 0.477. The predicted molar refractivity (Wildman–Crippen MR) is 71.8 cm³/mol. The van der Waals surface area contributed by atoms with Crippen molar-refractivity contribution in [3.8, 4) is 27.8 Å². The van der Waals surface area contributed by atoms with Crippen LogP contribution in [0.25, 0.3) is 22.1 Å². The van der Waals surface area contributed by atoms with Gasteiger partial charge in [-0.1, -0.05) is 17.7 Å². The summed E-state index contributed by atoms with van der Waals surface area (Å²) in [5.41, 5.74) is 0.515. The van der Waals surface area contributed by atoms with Crippen molar-refractivity contribution in [3.63, 3.8) is 0 Å². The number of nitrogens with one attached hydrogen (secondary N) is 1. The zero-order chi connectivity index (χ0) is 12.5. The smallest absolute Gasteiger partial charge is 0.185 e. The average molecular weight is 278 g/mol. The van der Waals surface area contributed by atoms with Crippen molar-refractivity contribution in [2.75, 3.05) is 0 Å². The molecule has 0 amide bonds. The first-order chi connectivity index (χ1) is 8.74. The molecule has 0 saturated carbocycles. The molecule has 0 radical (unpaired) electrons. The highest BCUT2D eigenvalue weighted by Gasteiger charge is 2.12. The van der Waals surface area contributed by atoms with E-state index in [4.69, 9.17) is 11.6 Å². The SMILES string of the molecule is Oc1ccc(Cl)cc1-c1n[nH]c(-c2cccs2)n1. The second kappa shape index (κ2) is 4.44. The molecule has 0 saturated heterocycles. The minimum atomic E-state index is 0.108. The van der Waals surface area contributed by atoms with Crippen molar-refractivity contribution in [3.05, 3.63) is 40.7 Å². The monoisotopic (exact) mass is 277 g/mol. The van der Waals surface area contributed by atoms with Crippen LogP contribution in [0, 0.1) is 0 Å². The summed E-state index contributed by atoms with van der Waals surface area (Å²) in [6, 6.07) is 8.68. The Morgan fingerprint density at radius 2 is 2.17 bits per heavy atom. The number of rotatable bonds is 2. The molecular weight excluding hydrogens is 270 g/mol. The molecule has 0 aliphatic rings. The van der Waals surface area contributed by atoms with Crippen LogP contribution in [0.15, 0.2) is 35.7 Å². The third-order valence-electron chi connectivity index (χ3n) is 2.44. The van der Waals surface area contributed by atoms with Gasteiger partial charge in [-0.2, -0.15) is 5.10 Å². The molecule has 0 unspecified atom stereocenters. The van der Waals surface area contributed by atoms with Gasteiger partial charge in [-0.3, -0.25) is 5.10 Å². The Labute approximate surface area is 112 Å². The Balaban J connectivity index is 2.05. The van der Waals surface area contributed by atoms with Crippen LogP contribution in [0.3, 0.4) is 0 Å². The number of hydrogen-bond acceptors (Lipinski definition) is 4. The normalized spacial score (nSPS) is 10.7. The molecule has 3 rings (SSSR count). The predicted octanol–water partition coefficient (Wildman–Crippen LogP) is 3.56. The van der Waals surface area contributed by atoms with Crippen LogP contribution < -0.4 is 0 Å². The van der Waals surface area contributed by atoms with Crippen molar-refractivity contribution in [1.29, 1.82) is 0 Å². The third kappa shape index (κ3) is 1.98. The summed E-state index contributed by atoms with van der Waals surface area (Å²) in [7, 11) is 0. The van der Waals surface area contributed by atoms with E-state index in [-0.39, 0.29) is 5.75 Å². The largest absolute Gasteiger partial charge is 0.507 e. The molecule has 3 aromatic rings. The van der Waals surface area contributed by atoms with Gasteiger partial charge in [0.15, 0.2) is 11.6 Å². The fourth-order valence-corrected chi connectivity index (χ4v) is 2.43. The van der Waals surface area contributed by atoms with E-state index >= 15 is 0 Å². The second-order valence-corrected chi connectivity index (χ2v) is 5.03. The molecule has 6 heteroatoms. The third-order valence-corrected chi connectivity index (χ3v) is 3.55. The van der Waals surface area contributed by atoms with E-state index in [1.54, 1.807) is 23.5 Å². The summed E-state index contributed by atoms with van der Waals surface area (Å²) >= 11 is 7.47. The highest BCUT2D eigenvalue weighted by atomic mass is 35.5. The molecule has 0 fully saturated rings. The highest BCUT2D eigenvalue weighted by molar-refractivity contribution is 7.13. The minimum absolute atomic E-state index is 0.108. The Morgan fingerprint density at radius 1 is 1.28 bits per heavy atom. The van der Waals surface area contributed by atoms with Gasteiger partial charge in [0.1, 0.15) is 5.75 Å². The van der Waals surface area contributed by atoms with Crippen molar-refractivity contribution < 1.29 is 5.11 Å². The van der Waals surface area contributed by atoms with Gasteiger partial charge in [-0.15, -0.1) is 11.3 Å². The first kappa shape index (κ1) is 11.3. The molecule has 0 bridgehead atoms. The average Bonchev–Trinajstić information content (AvgIpc) is 3.00. The van der Waals surface area contributed by atoms with Crippen LogP contribution in [0.5, 0.6) is 5.75 Å². The van der Waals surface area contributed by atoms with Crippen molar-refractivity contribution in [2.24, 2.45) is 0 Å². The molecule has 90 valence electrons. The zero-order valence-electron chi connectivity index (χ0n) is 9.09. The lowest BCUT2D eigenvalue weighted by atomic mass is 10.2. The number of benzene rings is 1. The number of hydrogen-bond donors (Lipinski definition) is 2. The molecule has 1 aromatic carbocycles. The first-order valence-corrected chi connectivity index (χ1v) is 6.45. The number of H-pyrrole nitrogens is 1. The summed E-state index contributed by atoms with van der Waals surface area (Å²) in [6.45, 7) is 0. The van der Waals surface area contributed by atoms with Crippen LogP contribution in [-0.4, -0.2) is 20.3 Å². The first-order valence-electron chi connectivity index (χ1n) is 5.19. The van der Waals surface area contributed by atoms with Crippen LogP contribution >= 0.6 is 22.9 Å². The maximum atomic E-state index is 9.78. The molecule has 4 nitrogen and oxygen atoms in total. The van der Waals surface area contributed by atoms with E-state index in [0.717, 1.165) is 4.88 Å². The van der Waals surface area contributed by atoms with Gasteiger partial charge in [-0.25, -0.2) is 4.98 Å². The van der Waals surface area contributed by atoms with Gasteiger partial charge >= 0.3 is 0 Å². The number of aromatic nitrogens is 3. The molecule has 2 N–H and O–H groups in total. The van der Waals surface area contributed by atoms with E-state index in [2.05, 4.69) is 15.2 Å². The molecular formula is C12H8ClN3OS. The summed E-state index contributed by atoms with van der Waals surface area (Å²) in [6.07, 6.45) is 0. The number of aromatic amines is 1. The van der Waals surface area contributed by atoms with E-state index < -0.39 is 0 Å². The fourth-order valence-electron chi connectivity index (χ4n) is 1.59. The quantitative estimate of drug-likeness (QED) is 0.753. The van der Waals surface area contributed by atoms with E-state index in [0.29, 0.717) is 22.2 Å². The zero-order valence-corrected chi connectivity index (χ0v) is 10.7. The Kier molecular flexibility index (Phi) is 2.77. The Morgan fingerprint density at radius 3 is 2.94 bits per heavy atom. The van der Waals surface area contributed by atoms with Gasteiger partial charge < -0.3 is 5.11 Å². The Hall–Kier alpha value is -1.85. The topological polar surface area (TPSA) is 61.8 Å². The van der Waals surface area contributed by atoms with Crippen LogP contribution in [0.1, 0.15) is 0 Å². The number of phenols is 1. The van der Waals surface area contributed by atoms with Gasteiger partial charge in [0, 0.05) is 5.02 Å². The second-order valence-electron chi connectivity index (χ2n) is 3.65. The fraction of sp³-hybridized carbons (Fsp3) is 0. The van der Waals surface area contributed by atoms with E-state index in [1.807, 2.05) is 17.5 Å². The van der Waals surface area contributed by atoms with Crippen LogP contribution in [0.2, 0.25) is 5.02 Å². The lowest BCUT2D eigenvalue weighted by Gasteiger charge is -1.99. The van der Waals surface area contributed by atoms with Crippen molar-refractivity contribution in [1.82, 2.24) is 15.2 Å². The van der Waals surface area contributed by atoms with Crippen LogP contribution in [-0.2, 0) is 0 Å². The minimum Gasteiger partial charge on any atom is -0.507 e. The van der Waals surface area contributed by atoms with Gasteiger partial charge in [0.2, 0.25) is 0 Å². The summed E-state index contributed by atoms with van der Waals surface area (Å²) < 4.78 is 0. The molecule has 2 heterocycles. The summed E-state index contributed by atoms with van der Waals surface area (Å²) in [4.78, 5) is 5.35. The molecule has 2 aromatic heterocycles. The maximum Gasteiger partial charge on any atom is 0.185 e. The standard InChI is InChI=1S/C12H8ClN3OS/c13-7-3-4-9(17)8(6-7)11-14-12(16-15-11)10-2-1-5-18-10/h1-6,17H,(H,14,15,16). The van der Waals surface area contributed by atoms with Gasteiger partial charge in [-0.05, 0) is 29.6 Å². The molecule has 0 aliphatic carbocycles. The van der Waals surface area contributed by atoms with Gasteiger partial charge in [0.25, 0.3) is 0 Å². The molecule has 0 aliphatic heterocycles. The van der Waals surface area contributed by atoms with E-state index in [1.165, 1.54) is 6.07 Å². The number of aromatic hydroxyl groups is 1. The molecule has 18 heavy (non-hydrogen) atoms.